The van der Waals surface area contributed by atoms with Gasteiger partial charge in [-0.1, -0.05) is 44.9 Å². The Morgan fingerprint density at radius 3 is 1.33 bits per heavy atom. The molecule has 0 radical (unpaired) electrons. The van der Waals surface area contributed by atoms with E-state index in [4.69, 9.17) is 0 Å². The monoisotopic (exact) mass is 210 g/mol. The average molecular weight is 210 g/mol. The summed E-state index contributed by atoms with van der Waals surface area (Å²) in [5.74, 6) is 0. The Kier molecular flexibility index (Phi) is 82.2. The van der Waals surface area contributed by atoms with Crippen LogP contribution < -0.4 is 0 Å². The third-order valence-corrected chi connectivity index (χ3v) is 1.05. The summed E-state index contributed by atoms with van der Waals surface area (Å²) < 4.78 is 0. The summed E-state index contributed by atoms with van der Waals surface area (Å²) in [4.78, 5) is 0. The molecule has 0 atom stereocenters. The second kappa shape index (κ2) is 52.2. The predicted molar refractivity (Wildman–Crippen MR) is 77.3 cm³/mol. The van der Waals surface area contributed by atoms with Crippen molar-refractivity contribution in [2.75, 3.05) is 0 Å². The van der Waals surface area contributed by atoms with Crippen molar-refractivity contribution in [3.63, 3.8) is 0 Å². The number of hydrogen-bond donors (Lipinski definition) is 0. The summed E-state index contributed by atoms with van der Waals surface area (Å²) in [7, 11) is 0. The summed E-state index contributed by atoms with van der Waals surface area (Å²) in [6, 6.07) is 0. The molecule has 0 saturated heterocycles. The molecule has 0 saturated carbocycles. The molecule has 15 heavy (non-hydrogen) atoms. The molecule has 0 heterocycles. The Labute approximate surface area is 98.1 Å². The molecule has 0 fully saturated rings. The van der Waals surface area contributed by atoms with E-state index in [1.165, 1.54) is 19.3 Å². The van der Waals surface area contributed by atoms with E-state index in [-0.39, 0.29) is 0 Å². The molecule has 0 aliphatic carbocycles. The van der Waals surface area contributed by atoms with Gasteiger partial charge in [-0.3, -0.25) is 0 Å². The van der Waals surface area contributed by atoms with Gasteiger partial charge in [0, 0.05) is 0 Å². The Morgan fingerprint density at radius 2 is 1.27 bits per heavy atom. The molecule has 90 valence electrons. The highest BCUT2D eigenvalue weighted by Gasteiger charge is 1.71. The van der Waals surface area contributed by atoms with Crippen molar-refractivity contribution in [3.05, 3.63) is 51.1 Å². The predicted octanol–water partition coefficient (Wildman–Crippen LogP) is 5.94. The van der Waals surface area contributed by atoms with Crippen LogP contribution in [0.5, 0.6) is 0 Å². The van der Waals surface area contributed by atoms with E-state index in [1.807, 2.05) is 19.1 Å². The summed E-state index contributed by atoms with van der Waals surface area (Å²) in [6.07, 6.45) is 10.4. The number of rotatable bonds is 4. The second-order valence-corrected chi connectivity index (χ2v) is 2.54. The summed E-state index contributed by atoms with van der Waals surface area (Å²) in [5.41, 5.74) is 0. The van der Waals surface area contributed by atoms with Gasteiger partial charge in [-0.2, -0.15) is 0 Å². The Morgan fingerprint density at radius 1 is 0.933 bits per heavy atom. The molecule has 0 nitrogen and oxygen atoms in total. The Balaban J connectivity index is -0.0000000590. The van der Waals surface area contributed by atoms with E-state index in [1.54, 1.807) is 6.08 Å². The van der Waals surface area contributed by atoms with Crippen LogP contribution in [-0.4, -0.2) is 0 Å². The number of hydrogen-bond acceptors (Lipinski definition) is 0. The molecule has 0 N–H and O–H groups in total. The lowest BCUT2D eigenvalue weighted by Crippen LogP contribution is -1.61. The molecular weight excluding hydrogens is 180 g/mol. The van der Waals surface area contributed by atoms with Crippen LogP contribution in [0.3, 0.4) is 0 Å². The van der Waals surface area contributed by atoms with Crippen molar-refractivity contribution >= 4 is 0 Å². The van der Waals surface area contributed by atoms with E-state index in [2.05, 4.69) is 46.7 Å². The van der Waals surface area contributed by atoms with Gasteiger partial charge in [0.25, 0.3) is 0 Å². The molecule has 0 heteroatoms. The molecule has 0 aliphatic rings. The SMILES string of the molecule is C=C.C=CC.C=CCC.C=CCCCC. The summed E-state index contributed by atoms with van der Waals surface area (Å²) >= 11 is 0. The zero-order chi connectivity index (χ0) is 12.9. The molecule has 0 aromatic heterocycles. The third-order valence-electron chi connectivity index (χ3n) is 1.05. The highest BCUT2D eigenvalue weighted by molar-refractivity contribution is 4.64. The van der Waals surface area contributed by atoms with E-state index in [9.17, 15) is 0 Å². The minimum atomic E-state index is 1.08. The van der Waals surface area contributed by atoms with Crippen molar-refractivity contribution in [2.45, 2.75) is 46.5 Å². The Hall–Kier alpha value is -1.04. The van der Waals surface area contributed by atoms with Crippen LogP contribution in [-0.2, 0) is 0 Å². The zero-order valence-electron chi connectivity index (χ0n) is 11.1. The van der Waals surface area contributed by atoms with E-state index in [0.717, 1.165) is 6.42 Å². The van der Waals surface area contributed by atoms with Gasteiger partial charge in [0.2, 0.25) is 0 Å². The normalized spacial score (nSPS) is 6.07. The molecule has 0 aromatic rings. The lowest BCUT2D eigenvalue weighted by Gasteiger charge is -1.81. The fourth-order valence-corrected chi connectivity index (χ4v) is 0.348. The van der Waals surface area contributed by atoms with Crippen LogP contribution in [0.4, 0.5) is 0 Å². The van der Waals surface area contributed by atoms with Gasteiger partial charge in [-0.25, -0.2) is 0 Å². The smallest absolute Gasteiger partial charge is 0.0354 e. The van der Waals surface area contributed by atoms with Crippen LogP contribution in [0.25, 0.3) is 0 Å². The van der Waals surface area contributed by atoms with E-state index in [0.29, 0.717) is 0 Å². The van der Waals surface area contributed by atoms with Gasteiger partial charge in [0.1, 0.15) is 0 Å². The molecule has 0 bridgehead atoms. The van der Waals surface area contributed by atoms with E-state index >= 15 is 0 Å². The van der Waals surface area contributed by atoms with Crippen molar-refractivity contribution in [1.29, 1.82) is 0 Å². The molecule has 0 unspecified atom stereocenters. The van der Waals surface area contributed by atoms with Crippen molar-refractivity contribution in [3.8, 4) is 0 Å². The Bertz CT molecular complexity index is 101. The number of allylic oxidation sites excluding steroid dienone is 3. The summed E-state index contributed by atoms with van der Waals surface area (Å²) in [5, 5.41) is 0. The van der Waals surface area contributed by atoms with Crippen LogP contribution in [0.2, 0.25) is 0 Å². The minimum Gasteiger partial charge on any atom is -0.106 e. The number of unbranched alkanes of at least 4 members (excludes halogenated alkanes) is 2. The molecule has 0 aliphatic heterocycles. The van der Waals surface area contributed by atoms with Crippen molar-refractivity contribution < 1.29 is 0 Å². The van der Waals surface area contributed by atoms with Crippen LogP contribution in [0, 0.1) is 0 Å². The second-order valence-electron chi connectivity index (χ2n) is 2.54. The summed E-state index contributed by atoms with van der Waals surface area (Å²) in [6.45, 7) is 22.6. The topological polar surface area (TPSA) is 0 Å². The van der Waals surface area contributed by atoms with Gasteiger partial charge in [-0.05, 0) is 19.8 Å². The lowest BCUT2D eigenvalue weighted by molar-refractivity contribution is 0.816. The van der Waals surface area contributed by atoms with Gasteiger partial charge in [0.15, 0.2) is 0 Å². The van der Waals surface area contributed by atoms with Crippen LogP contribution in [0.15, 0.2) is 51.1 Å². The molecule has 0 spiro atoms. The van der Waals surface area contributed by atoms with Crippen LogP contribution in [0.1, 0.15) is 46.5 Å². The minimum absolute atomic E-state index is 1.08. The standard InChI is InChI=1S/C6H12.C4H8.C3H6.C2H4/c1-3-5-6-4-2;1-3-4-2;1-3-2;1-2/h3H,1,4-6H2,2H3;3H,1,4H2,2H3;3H,1H2,2H3;1-2H2. The first-order chi connectivity index (χ1) is 7.24. The maximum Gasteiger partial charge on any atom is -0.0354 e. The van der Waals surface area contributed by atoms with Crippen molar-refractivity contribution in [2.24, 2.45) is 0 Å². The molecule has 0 amide bonds. The van der Waals surface area contributed by atoms with Gasteiger partial charge in [-0.15, -0.1) is 32.9 Å². The van der Waals surface area contributed by atoms with Crippen LogP contribution >= 0.6 is 0 Å². The third kappa shape index (κ3) is 178. The molecule has 0 rings (SSSR count). The van der Waals surface area contributed by atoms with Gasteiger partial charge < -0.3 is 0 Å². The van der Waals surface area contributed by atoms with Gasteiger partial charge >= 0.3 is 0 Å². The highest BCUT2D eigenvalue weighted by atomic mass is 13.8. The largest absolute Gasteiger partial charge is 0.106 e. The maximum absolute atomic E-state index is 3.60. The fraction of sp³-hybridized carbons (Fsp3) is 0.467. The first-order valence-corrected chi connectivity index (χ1v) is 5.53. The van der Waals surface area contributed by atoms with E-state index < -0.39 is 0 Å². The fourth-order valence-electron chi connectivity index (χ4n) is 0.348. The quantitative estimate of drug-likeness (QED) is 0.398. The maximum atomic E-state index is 3.60. The average Bonchev–Trinajstić information content (AvgIpc) is 2.30. The highest BCUT2D eigenvalue weighted by Crippen LogP contribution is 1.91. The molecule has 0 aromatic carbocycles. The first-order valence-electron chi connectivity index (χ1n) is 5.53. The molecular formula is C15H30. The first kappa shape index (κ1) is 23.6. The lowest BCUT2D eigenvalue weighted by atomic mass is 10.3. The van der Waals surface area contributed by atoms with Crippen molar-refractivity contribution in [1.82, 2.24) is 0 Å². The zero-order valence-corrected chi connectivity index (χ0v) is 11.1. The van der Waals surface area contributed by atoms with Gasteiger partial charge in [0.05, 0.1) is 0 Å².